The third-order valence-electron chi connectivity index (χ3n) is 2.36. The number of nitrogens with two attached hydrogens (primary N) is 1. The molecule has 1 aromatic rings. The molecule has 0 saturated carbocycles. The van der Waals surface area contributed by atoms with E-state index in [0.717, 1.165) is 19.5 Å². The van der Waals surface area contributed by atoms with Crippen LogP contribution in [0.5, 0.6) is 0 Å². The molecule has 0 spiro atoms. The number of hydrogen-bond donors (Lipinski definition) is 2. The van der Waals surface area contributed by atoms with Gasteiger partial charge < -0.3 is 11.1 Å². The zero-order valence-electron chi connectivity index (χ0n) is 9.35. The van der Waals surface area contributed by atoms with E-state index in [4.69, 9.17) is 5.73 Å². The number of aryl methyl sites for hydroxylation is 3. The van der Waals surface area contributed by atoms with Gasteiger partial charge in [0, 0.05) is 12.2 Å². The Balaban J connectivity index is 2.75. The van der Waals surface area contributed by atoms with Gasteiger partial charge in [0.1, 0.15) is 0 Å². The van der Waals surface area contributed by atoms with Gasteiger partial charge in [0.2, 0.25) is 0 Å². The van der Waals surface area contributed by atoms with E-state index in [0.29, 0.717) is 0 Å². The average Bonchev–Trinajstić information content (AvgIpc) is 2.09. The van der Waals surface area contributed by atoms with Crippen LogP contribution < -0.4 is 11.1 Å². The molecule has 0 atom stereocenters. The molecule has 0 fully saturated rings. The highest BCUT2D eigenvalue weighted by Gasteiger charge is 2.01. The number of benzene rings is 1. The molecule has 0 aliphatic heterocycles. The van der Waals surface area contributed by atoms with Gasteiger partial charge in [-0.2, -0.15) is 0 Å². The van der Waals surface area contributed by atoms with E-state index in [9.17, 15) is 0 Å². The van der Waals surface area contributed by atoms with Gasteiger partial charge in [0.05, 0.1) is 0 Å². The van der Waals surface area contributed by atoms with Crippen molar-refractivity contribution < 1.29 is 0 Å². The molecule has 1 aromatic carbocycles. The summed E-state index contributed by atoms with van der Waals surface area (Å²) in [6.07, 6.45) is 1.02. The molecule has 0 unspecified atom stereocenters. The molecule has 78 valence electrons. The van der Waals surface area contributed by atoms with Crippen LogP contribution in [0.2, 0.25) is 0 Å². The van der Waals surface area contributed by atoms with E-state index < -0.39 is 0 Å². The predicted octanol–water partition coefficient (Wildman–Crippen LogP) is 2.37. The first-order chi connectivity index (χ1) is 6.65. The van der Waals surface area contributed by atoms with E-state index in [1.165, 1.54) is 22.4 Å². The molecule has 0 bridgehead atoms. The number of hydrogen-bond acceptors (Lipinski definition) is 2. The summed E-state index contributed by atoms with van der Waals surface area (Å²) in [5, 5.41) is 3.43. The van der Waals surface area contributed by atoms with Crippen LogP contribution in [0.15, 0.2) is 12.1 Å². The normalized spacial score (nSPS) is 10.3. The summed E-state index contributed by atoms with van der Waals surface area (Å²) < 4.78 is 0. The standard InChI is InChI=1S/C12H20N2/c1-9-7-10(2)12(11(3)8-9)14-6-4-5-13/h7-8,14H,4-6,13H2,1-3H3. The average molecular weight is 192 g/mol. The summed E-state index contributed by atoms with van der Waals surface area (Å²) in [7, 11) is 0. The fourth-order valence-electron chi connectivity index (χ4n) is 1.77. The smallest absolute Gasteiger partial charge is 0.0399 e. The van der Waals surface area contributed by atoms with Gasteiger partial charge in [0.25, 0.3) is 0 Å². The Labute approximate surface area is 86.5 Å². The molecule has 14 heavy (non-hydrogen) atoms. The molecule has 0 saturated heterocycles. The highest BCUT2D eigenvalue weighted by atomic mass is 14.9. The minimum absolute atomic E-state index is 0.747. The molecule has 2 heteroatoms. The molecule has 3 N–H and O–H groups in total. The Morgan fingerprint density at radius 3 is 2.21 bits per heavy atom. The van der Waals surface area contributed by atoms with Gasteiger partial charge in [-0.1, -0.05) is 17.7 Å². The predicted molar refractivity (Wildman–Crippen MR) is 62.8 cm³/mol. The van der Waals surface area contributed by atoms with Crippen molar-refractivity contribution >= 4 is 5.69 Å². The Hall–Kier alpha value is -1.02. The van der Waals surface area contributed by atoms with E-state index in [2.05, 4.69) is 38.2 Å². The summed E-state index contributed by atoms with van der Waals surface area (Å²) in [5.41, 5.74) is 10.7. The first-order valence-electron chi connectivity index (χ1n) is 5.17. The first-order valence-corrected chi connectivity index (χ1v) is 5.17. The number of anilines is 1. The molecular weight excluding hydrogens is 172 g/mol. The van der Waals surface area contributed by atoms with Crippen molar-refractivity contribution in [3.8, 4) is 0 Å². The Morgan fingerprint density at radius 1 is 1.14 bits per heavy atom. The van der Waals surface area contributed by atoms with Gasteiger partial charge >= 0.3 is 0 Å². The van der Waals surface area contributed by atoms with Crippen molar-refractivity contribution in [2.75, 3.05) is 18.4 Å². The van der Waals surface area contributed by atoms with Crippen molar-refractivity contribution in [3.05, 3.63) is 28.8 Å². The number of rotatable bonds is 4. The fraction of sp³-hybridized carbons (Fsp3) is 0.500. The van der Waals surface area contributed by atoms with Crippen molar-refractivity contribution in [2.24, 2.45) is 5.73 Å². The maximum atomic E-state index is 5.45. The highest BCUT2D eigenvalue weighted by molar-refractivity contribution is 5.58. The molecule has 0 aliphatic carbocycles. The Kier molecular flexibility index (Phi) is 3.96. The highest BCUT2D eigenvalue weighted by Crippen LogP contribution is 2.21. The molecule has 1 rings (SSSR count). The second-order valence-corrected chi connectivity index (χ2v) is 3.84. The Morgan fingerprint density at radius 2 is 1.71 bits per heavy atom. The molecule has 2 nitrogen and oxygen atoms in total. The second-order valence-electron chi connectivity index (χ2n) is 3.84. The van der Waals surface area contributed by atoms with Crippen LogP contribution in [0.1, 0.15) is 23.1 Å². The lowest BCUT2D eigenvalue weighted by Gasteiger charge is -2.13. The van der Waals surface area contributed by atoms with Crippen LogP contribution in [0.4, 0.5) is 5.69 Å². The van der Waals surface area contributed by atoms with Crippen LogP contribution in [-0.2, 0) is 0 Å². The van der Waals surface area contributed by atoms with Crippen LogP contribution >= 0.6 is 0 Å². The quantitative estimate of drug-likeness (QED) is 0.719. The summed E-state index contributed by atoms with van der Waals surface area (Å²) in [6.45, 7) is 8.12. The van der Waals surface area contributed by atoms with Gasteiger partial charge in [-0.15, -0.1) is 0 Å². The van der Waals surface area contributed by atoms with Gasteiger partial charge in [-0.3, -0.25) is 0 Å². The lowest BCUT2D eigenvalue weighted by atomic mass is 10.1. The minimum atomic E-state index is 0.747. The van der Waals surface area contributed by atoms with Gasteiger partial charge in [0.15, 0.2) is 0 Å². The van der Waals surface area contributed by atoms with Crippen LogP contribution in [0, 0.1) is 20.8 Å². The molecule has 0 aliphatic rings. The zero-order chi connectivity index (χ0) is 10.6. The zero-order valence-corrected chi connectivity index (χ0v) is 9.35. The van der Waals surface area contributed by atoms with Crippen molar-refractivity contribution in [2.45, 2.75) is 27.2 Å². The minimum Gasteiger partial charge on any atom is -0.385 e. The Bertz CT molecular complexity index is 282. The number of nitrogens with one attached hydrogen (secondary N) is 1. The van der Waals surface area contributed by atoms with Crippen LogP contribution in [-0.4, -0.2) is 13.1 Å². The van der Waals surface area contributed by atoms with Crippen molar-refractivity contribution in [1.29, 1.82) is 0 Å². The summed E-state index contributed by atoms with van der Waals surface area (Å²) in [5.74, 6) is 0. The maximum absolute atomic E-state index is 5.45. The summed E-state index contributed by atoms with van der Waals surface area (Å²) in [4.78, 5) is 0. The molecular formula is C12H20N2. The molecule has 0 aromatic heterocycles. The van der Waals surface area contributed by atoms with Crippen molar-refractivity contribution in [3.63, 3.8) is 0 Å². The first kappa shape index (κ1) is 11.1. The van der Waals surface area contributed by atoms with Crippen LogP contribution in [0.3, 0.4) is 0 Å². The van der Waals surface area contributed by atoms with Crippen LogP contribution in [0.25, 0.3) is 0 Å². The lowest BCUT2D eigenvalue weighted by molar-refractivity contribution is 0.872. The van der Waals surface area contributed by atoms with E-state index in [-0.39, 0.29) is 0 Å². The lowest BCUT2D eigenvalue weighted by Crippen LogP contribution is -2.10. The summed E-state index contributed by atoms with van der Waals surface area (Å²) in [6, 6.07) is 4.41. The molecule has 0 heterocycles. The third-order valence-corrected chi connectivity index (χ3v) is 2.36. The van der Waals surface area contributed by atoms with E-state index in [1.807, 2.05) is 0 Å². The van der Waals surface area contributed by atoms with Crippen molar-refractivity contribution in [1.82, 2.24) is 0 Å². The monoisotopic (exact) mass is 192 g/mol. The fourth-order valence-corrected chi connectivity index (χ4v) is 1.77. The summed E-state index contributed by atoms with van der Waals surface area (Å²) >= 11 is 0. The third kappa shape index (κ3) is 2.74. The van der Waals surface area contributed by atoms with Gasteiger partial charge in [-0.05, 0) is 44.9 Å². The van der Waals surface area contributed by atoms with Gasteiger partial charge in [-0.25, -0.2) is 0 Å². The molecule has 0 amide bonds. The van der Waals surface area contributed by atoms with E-state index in [1.54, 1.807) is 0 Å². The largest absolute Gasteiger partial charge is 0.385 e. The second kappa shape index (κ2) is 5.01. The SMILES string of the molecule is Cc1cc(C)c(NCCCN)c(C)c1. The maximum Gasteiger partial charge on any atom is 0.0399 e. The topological polar surface area (TPSA) is 38.0 Å². The van der Waals surface area contributed by atoms with E-state index >= 15 is 0 Å². The molecule has 0 radical (unpaired) electrons.